The number of fused-ring (bicyclic) bond motifs is 1. The van der Waals surface area contributed by atoms with Gasteiger partial charge in [-0.2, -0.15) is 13.2 Å². The van der Waals surface area contributed by atoms with Gasteiger partial charge in [0.2, 0.25) is 5.95 Å². The summed E-state index contributed by atoms with van der Waals surface area (Å²) in [5.74, 6) is 0.739. The molecule has 1 aliphatic heterocycles. The number of hydrogen-bond acceptors (Lipinski definition) is 6. The van der Waals surface area contributed by atoms with Crippen molar-refractivity contribution in [3.8, 4) is 0 Å². The smallest absolute Gasteiger partial charge is 0.383 e. The standard InChI is InChI=1S/C33H39F3N4O2/c1-21-18-24(22-12-14-40(15-13-22)16-17-42-4)9-10-27(21)38-31-37-20-26(33(34,35)36)28(39-31)11-8-23-6-5-7-25-19-29(41)32(2,3)30(23)25/h5-7,9-10,18,20,22H,8,11-17,19H2,1-4H3,(H,37,38,39). The SMILES string of the molecule is COCCN1CCC(c2ccc(Nc3ncc(C(F)(F)F)c(CCc4cccc5c4C(C)(C)C(=O)C5)n3)c(C)c2)CC1. The van der Waals surface area contributed by atoms with E-state index in [1.54, 1.807) is 7.11 Å². The van der Waals surface area contributed by atoms with Crippen molar-refractivity contribution in [2.45, 2.75) is 70.4 Å². The second kappa shape index (κ2) is 12.1. The highest BCUT2D eigenvalue weighted by Crippen LogP contribution is 2.39. The van der Waals surface area contributed by atoms with Gasteiger partial charge in [-0.25, -0.2) is 9.97 Å². The Morgan fingerprint density at radius 2 is 1.88 bits per heavy atom. The molecule has 224 valence electrons. The number of carbonyl (C=O) groups excluding carboxylic acids is 1. The van der Waals surface area contributed by atoms with Crippen LogP contribution in [0.5, 0.6) is 0 Å². The molecule has 2 aromatic carbocycles. The summed E-state index contributed by atoms with van der Waals surface area (Å²) in [5, 5.41) is 3.15. The van der Waals surface area contributed by atoms with Crippen molar-refractivity contribution in [3.05, 3.63) is 81.7 Å². The van der Waals surface area contributed by atoms with E-state index in [9.17, 15) is 18.0 Å². The first kappa shape index (κ1) is 30.2. The lowest BCUT2D eigenvalue weighted by atomic mass is 9.81. The molecular formula is C33H39F3N4O2. The van der Waals surface area contributed by atoms with Crippen LogP contribution in [0.2, 0.25) is 0 Å². The van der Waals surface area contributed by atoms with Crippen LogP contribution in [0.4, 0.5) is 24.8 Å². The summed E-state index contributed by atoms with van der Waals surface area (Å²) >= 11 is 0. The molecule has 0 bridgehead atoms. The molecule has 0 amide bonds. The highest BCUT2D eigenvalue weighted by molar-refractivity contribution is 5.96. The summed E-state index contributed by atoms with van der Waals surface area (Å²) < 4.78 is 47.0. The van der Waals surface area contributed by atoms with Crippen LogP contribution in [0.15, 0.2) is 42.6 Å². The van der Waals surface area contributed by atoms with E-state index in [0.717, 1.165) is 73.2 Å². The Balaban J connectivity index is 1.32. The molecule has 1 aliphatic carbocycles. The normalized spacial score (nSPS) is 17.5. The minimum absolute atomic E-state index is 0.0609. The molecule has 3 aromatic rings. The third kappa shape index (κ3) is 6.37. The molecule has 0 spiro atoms. The summed E-state index contributed by atoms with van der Waals surface area (Å²) in [6.07, 6.45) is -0.760. The number of aryl methyl sites for hydroxylation is 3. The predicted molar refractivity (Wildman–Crippen MR) is 157 cm³/mol. The van der Waals surface area contributed by atoms with Gasteiger partial charge in [0.15, 0.2) is 0 Å². The monoisotopic (exact) mass is 580 g/mol. The summed E-state index contributed by atoms with van der Waals surface area (Å²) in [4.78, 5) is 23.4. The number of likely N-dealkylation sites (tertiary alicyclic amines) is 1. The van der Waals surface area contributed by atoms with Gasteiger partial charge in [0, 0.05) is 37.4 Å². The minimum atomic E-state index is -4.57. The summed E-state index contributed by atoms with van der Waals surface area (Å²) in [5.41, 5.74) is 4.27. The number of Topliss-reactive ketones (excluding diaryl/α,β-unsaturated/α-hetero) is 1. The fraction of sp³-hybridized carbons (Fsp3) is 0.485. The van der Waals surface area contributed by atoms with Crippen molar-refractivity contribution in [1.82, 2.24) is 14.9 Å². The zero-order valence-corrected chi connectivity index (χ0v) is 24.8. The Labute approximate surface area is 245 Å². The van der Waals surface area contributed by atoms with E-state index >= 15 is 0 Å². The predicted octanol–water partition coefficient (Wildman–Crippen LogP) is 6.56. The minimum Gasteiger partial charge on any atom is -0.383 e. The van der Waals surface area contributed by atoms with Crippen molar-refractivity contribution < 1.29 is 22.7 Å². The number of hydrogen-bond donors (Lipinski definition) is 1. The number of piperidine rings is 1. The first-order valence-corrected chi connectivity index (χ1v) is 14.6. The molecule has 1 aromatic heterocycles. The number of ether oxygens (including phenoxy) is 1. The lowest BCUT2D eigenvalue weighted by Gasteiger charge is -2.32. The molecule has 0 radical (unpaired) electrons. The van der Waals surface area contributed by atoms with E-state index in [1.165, 1.54) is 5.56 Å². The van der Waals surface area contributed by atoms with Crippen LogP contribution >= 0.6 is 0 Å². The average Bonchev–Trinajstić information content (AvgIpc) is 3.19. The number of aromatic nitrogens is 2. The first-order valence-electron chi connectivity index (χ1n) is 14.6. The number of methoxy groups -OCH3 is 1. The number of alkyl halides is 3. The van der Waals surface area contributed by atoms with Crippen LogP contribution < -0.4 is 5.32 Å². The highest BCUT2D eigenvalue weighted by atomic mass is 19.4. The molecule has 0 saturated carbocycles. The molecule has 6 nitrogen and oxygen atoms in total. The van der Waals surface area contributed by atoms with Crippen molar-refractivity contribution in [3.63, 3.8) is 0 Å². The Kier molecular flexibility index (Phi) is 8.71. The number of carbonyl (C=O) groups is 1. The van der Waals surface area contributed by atoms with Gasteiger partial charge in [-0.3, -0.25) is 4.79 Å². The zero-order valence-electron chi connectivity index (χ0n) is 24.8. The maximum absolute atomic E-state index is 13.9. The van der Waals surface area contributed by atoms with Gasteiger partial charge in [0.1, 0.15) is 5.78 Å². The van der Waals surface area contributed by atoms with Crippen LogP contribution in [0.25, 0.3) is 0 Å². The molecule has 42 heavy (non-hydrogen) atoms. The second-order valence-electron chi connectivity index (χ2n) is 12.0. The molecule has 1 fully saturated rings. The van der Waals surface area contributed by atoms with Gasteiger partial charge >= 0.3 is 6.18 Å². The number of benzene rings is 2. The number of ketones is 1. The van der Waals surface area contributed by atoms with Crippen molar-refractivity contribution in [2.24, 2.45) is 0 Å². The summed E-state index contributed by atoms with van der Waals surface area (Å²) in [7, 11) is 1.72. The van der Waals surface area contributed by atoms with E-state index in [4.69, 9.17) is 4.74 Å². The Morgan fingerprint density at radius 3 is 2.57 bits per heavy atom. The molecule has 1 N–H and O–H groups in total. The lowest BCUT2D eigenvalue weighted by molar-refractivity contribution is -0.138. The lowest BCUT2D eigenvalue weighted by Crippen LogP contribution is -2.35. The molecule has 0 atom stereocenters. The largest absolute Gasteiger partial charge is 0.419 e. The quantitative estimate of drug-likeness (QED) is 0.309. The number of rotatable bonds is 9. The topological polar surface area (TPSA) is 67.3 Å². The number of nitrogens with zero attached hydrogens (tertiary/aromatic N) is 3. The van der Waals surface area contributed by atoms with Crippen molar-refractivity contribution >= 4 is 17.4 Å². The first-order chi connectivity index (χ1) is 20.0. The third-order valence-electron chi connectivity index (χ3n) is 8.88. The molecule has 2 aliphatic rings. The van der Waals surface area contributed by atoms with Crippen LogP contribution in [-0.4, -0.2) is 54.0 Å². The molecule has 9 heteroatoms. The molecule has 1 saturated heterocycles. The zero-order chi connectivity index (χ0) is 30.1. The van der Waals surface area contributed by atoms with Gasteiger partial charge < -0.3 is 15.0 Å². The van der Waals surface area contributed by atoms with E-state index in [-0.39, 0.29) is 23.8 Å². The van der Waals surface area contributed by atoms with Gasteiger partial charge in [-0.05, 0) is 99.3 Å². The van der Waals surface area contributed by atoms with Crippen LogP contribution in [0.1, 0.15) is 71.7 Å². The number of anilines is 2. The Hall–Kier alpha value is -3.30. The summed E-state index contributed by atoms with van der Waals surface area (Å²) in [6, 6.07) is 11.9. The van der Waals surface area contributed by atoms with Gasteiger partial charge in [0.05, 0.1) is 17.9 Å². The van der Waals surface area contributed by atoms with Gasteiger partial charge in [0.25, 0.3) is 0 Å². The van der Waals surface area contributed by atoms with E-state index in [0.29, 0.717) is 18.8 Å². The molecular weight excluding hydrogens is 541 g/mol. The fourth-order valence-corrected chi connectivity index (χ4v) is 6.41. The van der Waals surface area contributed by atoms with Crippen LogP contribution in [0, 0.1) is 6.92 Å². The Bertz CT molecular complexity index is 1450. The Morgan fingerprint density at radius 1 is 1.12 bits per heavy atom. The van der Waals surface area contributed by atoms with E-state index < -0.39 is 17.2 Å². The molecule has 0 unspecified atom stereocenters. The van der Waals surface area contributed by atoms with Gasteiger partial charge in [-0.15, -0.1) is 0 Å². The summed E-state index contributed by atoms with van der Waals surface area (Å²) in [6.45, 7) is 9.53. The highest BCUT2D eigenvalue weighted by Gasteiger charge is 2.40. The maximum Gasteiger partial charge on any atom is 0.419 e. The maximum atomic E-state index is 13.9. The number of nitrogens with one attached hydrogen (secondary N) is 1. The third-order valence-corrected chi connectivity index (χ3v) is 8.88. The molecule has 5 rings (SSSR count). The van der Waals surface area contributed by atoms with E-state index in [1.807, 2.05) is 45.0 Å². The van der Waals surface area contributed by atoms with Gasteiger partial charge in [-0.1, -0.05) is 30.3 Å². The van der Waals surface area contributed by atoms with Crippen LogP contribution in [0.3, 0.4) is 0 Å². The fourth-order valence-electron chi connectivity index (χ4n) is 6.41. The average molecular weight is 581 g/mol. The van der Waals surface area contributed by atoms with Crippen molar-refractivity contribution in [1.29, 1.82) is 0 Å². The second-order valence-corrected chi connectivity index (χ2v) is 12.0. The van der Waals surface area contributed by atoms with E-state index in [2.05, 4.69) is 32.3 Å². The molecule has 2 heterocycles. The van der Waals surface area contributed by atoms with Crippen molar-refractivity contribution in [2.75, 3.05) is 38.7 Å². The van der Waals surface area contributed by atoms with Crippen LogP contribution in [-0.2, 0) is 40.4 Å². The number of halogens is 3.